The van der Waals surface area contributed by atoms with Crippen molar-refractivity contribution in [1.29, 1.82) is 0 Å². The van der Waals surface area contributed by atoms with Crippen LogP contribution < -0.4 is 10.6 Å². The Kier molecular flexibility index (Phi) is 5.18. The molecule has 0 bridgehead atoms. The van der Waals surface area contributed by atoms with Crippen LogP contribution in [0.5, 0.6) is 0 Å². The van der Waals surface area contributed by atoms with Crippen molar-refractivity contribution in [3.8, 4) is 0 Å². The monoisotopic (exact) mass is 378 g/mol. The molecule has 1 unspecified atom stereocenters. The van der Waals surface area contributed by atoms with Crippen LogP contribution in [-0.4, -0.2) is 35.4 Å². The minimum absolute atomic E-state index is 0.121. The summed E-state index contributed by atoms with van der Waals surface area (Å²) in [4.78, 5) is 26.6. The van der Waals surface area contributed by atoms with E-state index in [0.717, 1.165) is 18.5 Å². The molecule has 4 rings (SSSR count). The Balaban J connectivity index is 1.80. The molecule has 2 aromatic carbocycles. The molecule has 0 saturated heterocycles. The SMILES string of the molecule is CC(O)CNc1ccc(NC2CCCCC2)c2c1C(=O)c1ccccc1C2=O. The van der Waals surface area contributed by atoms with Crippen LogP contribution in [0.15, 0.2) is 36.4 Å². The largest absolute Gasteiger partial charge is 0.392 e. The molecule has 2 aliphatic carbocycles. The highest BCUT2D eigenvalue weighted by Gasteiger charge is 2.34. The molecule has 28 heavy (non-hydrogen) atoms. The first kappa shape index (κ1) is 18.7. The fourth-order valence-corrected chi connectivity index (χ4v) is 4.21. The second-order valence-corrected chi connectivity index (χ2v) is 7.82. The Hall–Kier alpha value is -2.66. The van der Waals surface area contributed by atoms with Crippen molar-refractivity contribution < 1.29 is 14.7 Å². The molecule has 1 atom stereocenters. The average molecular weight is 378 g/mol. The predicted molar refractivity (Wildman–Crippen MR) is 110 cm³/mol. The zero-order valence-electron chi connectivity index (χ0n) is 16.1. The van der Waals surface area contributed by atoms with Crippen LogP contribution in [0.2, 0.25) is 0 Å². The van der Waals surface area contributed by atoms with Crippen molar-refractivity contribution in [2.75, 3.05) is 17.2 Å². The van der Waals surface area contributed by atoms with E-state index in [2.05, 4.69) is 10.6 Å². The lowest BCUT2D eigenvalue weighted by Crippen LogP contribution is -2.28. The zero-order chi connectivity index (χ0) is 19.7. The van der Waals surface area contributed by atoms with E-state index in [9.17, 15) is 14.7 Å². The number of anilines is 2. The van der Waals surface area contributed by atoms with Crippen LogP contribution in [-0.2, 0) is 0 Å². The second-order valence-electron chi connectivity index (χ2n) is 7.82. The summed E-state index contributed by atoms with van der Waals surface area (Å²) in [5, 5.41) is 16.3. The standard InChI is InChI=1S/C23H26N2O3/c1-14(26)13-24-18-11-12-19(25-15-7-3-2-4-8-15)21-20(18)22(27)16-9-5-6-10-17(16)23(21)28/h5-6,9-12,14-15,24-26H,2-4,7-8,13H2,1H3. The van der Waals surface area contributed by atoms with Gasteiger partial charge in [-0.1, -0.05) is 43.5 Å². The van der Waals surface area contributed by atoms with Gasteiger partial charge in [-0.2, -0.15) is 0 Å². The molecule has 0 spiro atoms. The van der Waals surface area contributed by atoms with E-state index in [0.29, 0.717) is 40.5 Å². The molecule has 0 aliphatic heterocycles. The Morgan fingerprint density at radius 3 is 2.11 bits per heavy atom. The summed E-state index contributed by atoms with van der Waals surface area (Å²) in [6.45, 7) is 1.99. The van der Waals surface area contributed by atoms with Crippen LogP contribution in [0.3, 0.4) is 0 Å². The van der Waals surface area contributed by atoms with Gasteiger partial charge in [0.25, 0.3) is 0 Å². The average Bonchev–Trinajstić information content (AvgIpc) is 2.71. The Morgan fingerprint density at radius 1 is 0.929 bits per heavy atom. The maximum atomic E-state index is 13.3. The third-order valence-corrected chi connectivity index (χ3v) is 5.63. The van der Waals surface area contributed by atoms with Crippen LogP contribution in [0.1, 0.15) is 70.9 Å². The molecule has 0 amide bonds. The maximum absolute atomic E-state index is 13.3. The van der Waals surface area contributed by atoms with Gasteiger partial charge in [0.1, 0.15) is 0 Å². The lowest BCUT2D eigenvalue weighted by atomic mass is 9.82. The van der Waals surface area contributed by atoms with E-state index < -0.39 is 6.10 Å². The van der Waals surface area contributed by atoms with E-state index in [4.69, 9.17) is 0 Å². The summed E-state index contributed by atoms with van der Waals surface area (Å²) in [5.41, 5.74) is 3.08. The fraction of sp³-hybridized carbons (Fsp3) is 0.391. The minimum atomic E-state index is -0.558. The maximum Gasteiger partial charge on any atom is 0.196 e. The van der Waals surface area contributed by atoms with E-state index in [1.807, 2.05) is 12.1 Å². The number of benzene rings is 2. The number of nitrogens with one attached hydrogen (secondary N) is 2. The topological polar surface area (TPSA) is 78.4 Å². The summed E-state index contributed by atoms with van der Waals surface area (Å²) in [7, 11) is 0. The van der Waals surface area contributed by atoms with Crippen molar-refractivity contribution in [2.24, 2.45) is 0 Å². The Morgan fingerprint density at radius 2 is 1.50 bits per heavy atom. The first-order chi connectivity index (χ1) is 13.6. The molecule has 2 aromatic rings. The highest BCUT2D eigenvalue weighted by molar-refractivity contribution is 6.31. The molecular formula is C23H26N2O3. The first-order valence-electron chi connectivity index (χ1n) is 10.1. The number of ketones is 2. The number of aliphatic hydroxyl groups is 1. The van der Waals surface area contributed by atoms with Crippen LogP contribution in [0.4, 0.5) is 11.4 Å². The van der Waals surface area contributed by atoms with Crippen molar-refractivity contribution in [3.05, 3.63) is 58.7 Å². The van der Waals surface area contributed by atoms with Crippen LogP contribution >= 0.6 is 0 Å². The lowest BCUT2D eigenvalue weighted by Gasteiger charge is -2.28. The van der Waals surface area contributed by atoms with Crippen molar-refractivity contribution in [2.45, 2.75) is 51.2 Å². The highest BCUT2D eigenvalue weighted by atomic mass is 16.3. The lowest BCUT2D eigenvalue weighted by molar-refractivity contribution is 0.0980. The third kappa shape index (κ3) is 3.42. The van der Waals surface area contributed by atoms with Crippen LogP contribution in [0.25, 0.3) is 0 Å². The summed E-state index contributed by atoms with van der Waals surface area (Å²) >= 11 is 0. The van der Waals surface area contributed by atoms with Gasteiger partial charge in [0.05, 0.1) is 17.2 Å². The van der Waals surface area contributed by atoms with Gasteiger partial charge in [0.2, 0.25) is 0 Å². The van der Waals surface area contributed by atoms with E-state index in [1.165, 1.54) is 19.3 Å². The molecule has 3 N–H and O–H groups in total. The molecule has 0 heterocycles. The van der Waals surface area contributed by atoms with Crippen molar-refractivity contribution in [3.63, 3.8) is 0 Å². The van der Waals surface area contributed by atoms with E-state index in [-0.39, 0.29) is 11.6 Å². The number of aliphatic hydroxyl groups excluding tert-OH is 1. The number of carbonyl (C=O) groups is 2. The second kappa shape index (κ2) is 7.76. The van der Waals surface area contributed by atoms with Gasteiger partial charge < -0.3 is 15.7 Å². The van der Waals surface area contributed by atoms with Crippen molar-refractivity contribution in [1.82, 2.24) is 0 Å². The van der Waals surface area contributed by atoms with Gasteiger partial charge in [0, 0.05) is 35.1 Å². The molecule has 0 aromatic heterocycles. The molecule has 146 valence electrons. The highest BCUT2D eigenvalue weighted by Crippen LogP contribution is 2.37. The van der Waals surface area contributed by atoms with E-state index >= 15 is 0 Å². The quantitative estimate of drug-likeness (QED) is 0.625. The number of carbonyl (C=O) groups excluding carboxylic acids is 2. The summed E-state index contributed by atoms with van der Waals surface area (Å²) in [5.74, 6) is -0.269. The first-order valence-corrected chi connectivity index (χ1v) is 10.1. The molecule has 5 nitrogen and oxygen atoms in total. The fourth-order valence-electron chi connectivity index (χ4n) is 4.21. The summed E-state index contributed by atoms with van der Waals surface area (Å²) in [6.07, 6.45) is 5.22. The molecule has 0 radical (unpaired) electrons. The molecule has 1 fully saturated rings. The Labute approximate surface area is 165 Å². The van der Waals surface area contributed by atoms with Gasteiger partial charge in [-0.15, -0.1) is 0 Å². The summed E-state index contributed by atoms with van der Waals surface area (Å²) in [6, 6.07) is 11.1. The number of fused-ring (bicyclic) bond motifs is 2. The Bertz CT molecular complexity index is 914. The predicted octanol–water partition coefficient (Wildman–Crippen LogP) is 4.00. The van der Waals surface area contributed by atoms with Gasteiger partial charge in [-0.05, 0) is 31.9 Å². The van der Waals surface area contributed by atoms with Gasteiger partial charge in [-0.25, -0.2) is 0 Å². The minimum Gasteiger partial charge on any atom is -0.392 e. The smallest absolute Gasteiger partial charge is 0.196 e. The van der Waals surface area contributed by atoms with Gasteiger partial charge >= 0.3 is 0 Å². The van der Waals surface area contributed by atoms with Gasteiger partial charge in [-0.3, -0.25) is 9.59 Å². The molecule has 5 heteroatoms. The zero-order valence-corrected chi connectivity index (χ0v) is 16.1. The van der Waals surface area contributed by atoms with Gasteiger partial charge in [0.15, 0.2) is 11.6 Å². The van der Waals surface area contributed by atoms with Crippen molar-refractivity contribution >= 4 is 22.9 Å². The summed E-state index contributed by atoms with van der Waals surface area (Å²) < 4.78 is 0. The molecule has 1 saturated carbocycles. The van der Waals surface area contributed by atoms with Crippen LogP contribution in [0, 0.1) is 0 Å². The third-order valence-electron chi connectivity index (χ3n) is 5.63. The normalized spacial score (nSPS) is 17.6. The number of hydrogen-bond acceptors (Lipinski definition) is 5. The molecule has 2 aliphatic rings. The number of rotatable bonds is 5. The number of hydrogen-bond donors (Lipinski definition) is 3. The molecular weight excluding hydrogens is 352 g/mol. The van der Waals surface area contributed by atoms with E-state index in [1.54, 1.807) is 31.2 Å².